The minimum Gasteiger partial charge on any atom is -0.493 e. The first kappa shape index (κ1) is 18.0. The van der Waals surface area contributed by atoms with Crippen molar-refractivity contribution in [3.8, 4) is 17.2 Å². The van der Waals surface area contributed by atoms with Crippen molar-refractivity contribution >= 4 is 17.7 Å². The van der Waals surface area contributed by atoms with Gasteiger partial charge in [-0.15, -0.1) is 0 Å². The van der Waals surface area contributed by atoms with Crippen LogP contribution in [0.2, 0.25) is 0 Å². The van der Waals surface area contributed by atoms with Crippen LogP contribution in [0.25, 0.3) is 6.08 Å². The lowest BCUT2D eigenvalue weighted by Crippen LogP contribution is -2.04. The summed E-state index contributed by atoms with van der Waals surface area (Å²) in [7, 11) is 3.06. The van der Waals surface area contributed by atoms with E-state index in [1.165, 1.54) is 38.5 Å². The molecular weight excluding hydrogens is 326 g/mol. The molecule has 0 radical (unpaired) electrons. The molecule has 0 aliphatic heterocycles. The summed E-state index contributed by atoms with van der Waals surface area (Å²) in [4.78, 5) is 22.2. The maximum absolute atomic E-state index is 11.9. The largest absolute Gasteiger partial charge is 0.493 e. The van der Waals surface area contributed by atoms with E-state index in [0.29, 0.717) is 17.1 Å². The number of nitrogens with zero attached hydrogens (tertiary/aromatic N) is 1. The van der Waals surface area contributed by atoms with Crippen molar-refractivity contribution in [1.29, 1.82) is 0 Å². The molecule has 0 aliphatic carbocycles. The molecule has 0 fully saturated rings. The first-order valence-corrected chi connectivity index (χ1v) is 7.31. The van der Waals surface area contributed by atoms with Gasteiger partial charge in [0.15, 0.2) is 11.5 Å². The van der Waals surface area contributed by atoms with Gasteiger partial charge < -0.3 is 14.2 Å². The minimum absolute atomic E-state index is 0.0272. The van der Waals surface area contributed by atoms with Crippen molar-refractivity contribution < 1.29 is 23.9 Å². The molecule has 0 bridgehead atoms. The Balaban J connectivity index is 2.08. The van der Waals surface area contributed by atoms with Gasteiger partial charge in [-0.3, -0.25) is 10.1 Å². The molecule has 7 nitrogen and oxygen atoms in total. The first-order chi connectivity index (χ1) is 11.9. The lowest BCUT2D eigenvalue weighted by Gasteiger charge is -2.07. The Kier molecular flexibility index (Phi) is 5.73. The Morgan fingerprint density at radius 2 is 1.80 bits per heavy atom. The molecule has 0 atom stereocenters. The number of methoxy groups -OCH3 is 2. The van der Waals surface area contributed by atoms with E-state index in [0.717, 1.165) is 5.56 Å². The Bertz CT molecular complexity index is 828. The third-order valence-electron chi connectivity index (χ3n) is 3.40. The standard InChI is InChI=1S/C18H17NO6/c1-12-10-14(6-7-15(12)19(21)22)25-18(20)9-5-13-4-8-16(23-2)17(11-13)24-3/h4-11H,1-3H3/b9-5+. The van der Waals surface area contributed by atoms with E-state index in [9.17, 15) is 14.9 Å². The van der Waals surface area contributed by atoms with Gasteiger partial charge in [0.2, 0.25) is 0 Å². The summed E-state index contributed by atoms with van der Waals surface area (Å²) in [6.45, 7) is 1.58. The quantitative estimate of drug-likeness (QED) is 0.262. The molecule has 0 amide bonds. The topological polar surface area (TPSA) is 87.9 Å². The number of rotatable bonds is 6. The van der Waals surface area contributed by atoms with Crippen LogP contribution in [0.3, 0.4) is 0 Å². The summed E-state index contributed by atoms with van der Waals surface area (Å²) in [5, 5.41) is 10.8. The van der Waals surface area contributed by atoms with Crippen molar-refractivity contribution in [2.75, 3.05) is 14.2 Å². The number of ether oxygens (including phenoxy) is 3. The fraction of sp³-hybridized carbons (Fsp3) is 0.167. The second kappa shape index (κ2) is 7.96. The van der Waals surface area contributed by atoms with E-state index >= 15 is 0 Å². The Labute approximate surface area is 144 Å². The van der Waals surface area contributed by atoms with E-state index in [2.05, 4.69) is 0 Å². The van der Waals surface area contributed by atoms with Crippen LogP contribution in [0, 0.1) is 17.0 Å². The van der Waals surface area contributed by atoms with E-state index < -0.39 is 10.9 Å². The van der Waals surface area contributed by atoms with E-state index in [4.69, 9.17) is 14.2 Å². The lowest BCUT2D eigenvalue weighted by atomic mass is 10.2. The smallest absolute Gasteiger partial charge is 0.336 e. The molecule has 2 rings (SSSR count). The molecule has 0 heterocycles. The zero-order valence-electron chi connectivity index (χ0n) is 14.0. The van der Waals surface area contributed by atoms with Gasteiger partial charge in [-0.1, -0.05) is 6.07 Å². The van der Waals surface area contributed by atoms with Crippen LogP contribution in [0.5, 0.6) is 17.2 Å². The van der Waals surface area contributed by atoms with Crippen LogP contribution in [0.4, 0.5) is 5.69 Å². The minimum atomic E-state index is -0.594. The molecule has 0 aliphatic rings. The van der Waals surface area contributed by atoms with Gasteiger partial charge in [-0.25, -0.2) is 4.79 Å². The second-order valence-electron chi connectivity index (χ2n) is 5.07. The molecule has 0 saturated carbocycles. The number of hydrogen-bond acceptors (Lipinski definition) is 6. The summed E-state index contributed by atoms with van der Waals surface area (Å²) < 4.78 is 15.5. The Hall–Kier alpha value is -3.35. The molecule has 2 aromatic rings. The van der Waals surface area contributed by atoms with E-state index in [1.54, 1.807) is 31.2 Å². The average molecular weight is 343 g/mol. The molecule has 25 heavy (non-hydrogen) atoms. The van der Waals surface area contributed by atoms with Crippen molar-refractivity contribution in [1.82, 2.24) is 0 Å². The van der Waals surface area contributed by atoms with Gasteiger partial charge in [-0.05, 0) is 42.8 Å². The summed E-state index contributed by atoms with van der Waals surface area (Å²) >= 11 is 0. The van der Waals surface area contributed by atoms with Crippen molar-refractivity contribution in [2.45, 2.75) is 6.92 Å². The number of hydrogen-bond donors (Lipinski definition) is 0. The molecule has 0 saturated heterocycles. The van der Waals surface area contributed by atoms with Gasteiger partial charge in [0.25, 0.3) is 5.69 Å². The fourth-order valence-corrected chi connectivity index (χ4v) is 2.17. The van der Waals surface area contributed by atoms with Crippen LogP contribution in [-0.2, 0) is 4.79 Å². The maximum atomic E-state index is 11.9. The summed E-state index contributed by atoms with van der Waals surface area (Å²) in [5.74, 6) is 0.778. The molecular formula is C18H17NO6. The van der Waals surface area contributed by atoms with Crippen LogP contribution >= 0.6 is 0 Å². The summed E-state index contributed by atoms with van der Waals surface area (Å²) in [5.41, 5.74) is 1.12. The summed E-state index contributed by atoms with van der Waals surface area (Å²) in [6.07, 6.45) is 2.83. The van der Waals surface area contributed by atoms with Gasteiger partial charge in [-0.2, -0.15) is 0 Å². The molecule has 130 valence electrons. The highest BCUT2D eigenvalue weighted by molar-refractivity contribution is 5.88. The van der Waals surface area contributed by atoms with Crippen LogP contribution < -0.4 is 14.2 Å². The molecule has 0 aromatic heterocycles. The second-order valence-corrected chi connectivity index (χ2v) is 5.07. The maximum Gasteiger partial charge on any atom is 0.336 e. The highest BCUT2D eigenvalue weighted by Gasteiger charge is 2.11. The van der Waals surface area contributed by atoms with Gasteiger partial charge in [0.05, 0.1) is 19.1 Å². The van der Waals surface area contributed by atoms with E-state index in [1.807, 2.05) is 0 Å². The Morgan fingerprint density at radius 3 is 2.40 bits per heavy atom. The van der Waals surface area contributed by atoms with Crippen LogP contribution in [0.1, 0.15) is 11.1 Å². The highest BCUT2D eigenvalue weighted by Crippen LogP contribution is 2.28. The third kappa shape index (κ3) is 4.57. The SMILES string of the molecule is COc1ccc(/C=C/C(=O)Oc2ccc([N+](=O)[O-])c(C)c2)cc1OC. The van der Waals surface area contributed by atoms with Crippen LogP contribution in [0.15, 0.2) is 42.5 Å². The van der Waals surface area contributed by atoms with Crippen molar-refractivity contribution in [3.05, 3.63) is 63.7 Å². The fourth-order valence-electron chi connectivity index (χ4n) is 2.17. The molecule has 7 heteroatoms. The number of aryl methyl sites for hydroxylation is 1. The van der Waals surface area contributed by atoms with Gasteiger partial charge >= 0.3 is 5.97 Å². The van der Waals surface area contributed by atoms with Crippen molar-refractivity contribution in [3.63, 3.8) is 0 Å². The number of carbonyl (C=O) groups is 1. The zero-order valence-corrected chi connectivity index (χ0v) is 14.0. The molecule has 0 spiro atoms. The Morgan fingerprint density at radius 1 is 1.08 bits per heavy atom. The highest BCUT2D eigenvalue weighted by atomic mass is 16.6. The van der Waals surface area contributed by atoms with Crippen LogP contribution in [-0.4, -0.2) is 25.1 Å². The molecule has 2 aromatic carbocycles. The molecule has 0 unspecified atom stereocenters. The monoisotopic (exact) mass is 343 g/mol. The number of benzene rings is 2. The summed E-state index contributed by atoms with van der Waals surface area (Å²) in [6, 6.07) is 9.34. The van der Waals surface area contributed by atoms with Gasteiger partial charge in [0, 0.05) is 17.7 Å². The number of carbonyl (C=O) groups excluding carboxylic acids is 1. The molecule has 0 N–H and O–H groups in total. The predicted molar refractivity (Wildman–Crippen MR) is 92.0 cm³/mol. The zero-order chi connectivity index (χ0) is 18.4. The predicted octanol–water partition coefficient (Wildman–Crippen LogP) is 3.54. The number of nitro benzene ring substituents is 1. The third-order valence-corrected chi connectivity index (χ3v) is 3.40. The van der Waals surface area contributed by atoms with E-state index in [-0.39, 0.29) is 11.4 Å². The number of esters is 1. The lowest BCUT2D eigenvalue weighted by molar-refractivity contribution is -0.385. The van der Waals surface area contributed by atoms with Crippen molar-refractivity contribution in [2.24, 2.45) is 0 Å². The van der Waals surface area contributed by atoms with Gasteiger partial charge in [0.1, 0.15) is 5.75 Å². The number of nitro groups is 1. The average Bonchev–Trinajstić information content (AvgIpc) is 2.59. The normalized spacial score (nSPS) is 10.5. The first-order valence-electron chi connectivity index (χ1n) is 7.31.